The number of rotatable bonds is 6. The Balaban J connectivity index is 1.84. The van der Waals surface area contributed by atoms with E-state index in [-0.39, 0.29) is 12.3 Å². The predicted molar refractivity (Wildman–Crippen MR) is 88.0 cm³/mol. The molecule has 1 heterocycles. The fourth-order valence-electron chi connectivity index (χ4n) is 2.59. The van der Waals surface area contributed by atoms with Crippen molar-refractivity contribution in [2.45, 2.75) is 37.6 Å². The molecule has 0 spiro atoms. The number of halogens is 2. The molecule has 5 nitrogen and oxygen atoms in total. The average molecular weight is 360 g/mol. The number of carbonyl (C=O) groups is 2. The van der Waals surface area contributed by atoms with E-state index in [1.54, 1.807) is 12.1 Å². The molecule has 1 fully saturated rings. The van der Waals surface area contributed by atoms with Gasteiger partial charge in [-0.3, -0.25) is 4.79 Å². The Kier molecular flexibility index (Phi) is 6.27. The van der Waals surface area contributed by atoms with Crippen molar-refractivity contribution in [2.24, 2.45) is 0 Å². The van der Waals surface area contributed by atoms with E-state index in [2.05, 4.69) is 5.32 Å². The number of aliphatic carboxylic acids is 1. The number of nitrogens with one attached hydrogen (secondary N) is 1. The molecule has 0 bridgehead atoms. The van der Waals surface area contributed by atoms with Gasteiger partial charge in [-0.1, -0.05) is 29.3 Å². The lowest BCUT2D eigenvalue weighted by molar-refractivity contribution is -0.152. The molecule has 0 aromatic heterocycles. The van der Waals surface area contributed by atoms with Crippen molar-refractivity contribution in [2.75, 3.05) is 13.2 Å². The Hall–Kier alpha value is -1.30. The van der Waals surface area contributed by atoms with Gasteiger partial charge in [-0.2, -0.15) is 0 Å². The summed E-state index contributed by atoms with van der Waals surface area (Å²) in [5.74, 6) is -1.26. The van der Waals surface area contributed by atoms with Gasteiger partial charge in [0.2, 0.25) is 5.91 Å². The number of amides is 1. The maximum absolute atomic E-state index is 12.1. The molecule has 7 heteroatoms. The van der Waals surface area contributed by atoms with Crippen LogP contribution >= 0.6 is 23.2 Å². The summed E-state index contributed by atoms with van der Waals surface area (Å²) >= 11 is 11.8. The largest absolute Gasteiger partial charge is 0.480 e. The second kappa shape index (κ2) is 7.99. The van der Waals surface area contributed by atoms with E-state index in [0.29, 0.717) is 48.9 Å². The van der Waals surface area contributed by atoms with Crippen LogP contribution in [0.15, 0.2) is 18.2 Å². The number of ether oxygens (including phenoxy) is 1. The molecule has 2 rings (SSSR count). The minimum Gasteiger partial charge on any atom is -0.480 e. The lowest BCUT2D eigenvalue weighted by Crippen LogP contribution is -2.57. The lowest BCUT2D eigenvalue weighted by atomic mass is 9.90. The first-order chi connectivity index (χ1) is 10.9. The molecule has 1 amide bonds. The van der Waals surface area contributed by atoms with Gasteiger partial charge in [-0.05, 0) is 30.5 Å². The highest BCUT2D eigenvalue weighted by Gasteiger charge is 2.41. The minimum atomic E-state index is -1.20. The van der Waals surface area contributed by atoms with Crippen LogP contribution in [0, 0.1) is 0 Å². The highest BCUT2D eigenvalue weighted by atomic mass is 35.5. The summed E-state index contributed by atoms with van der Waals surface area (Å²) in [7, 11) is 0. The fourth-order valence-corrected chi connectivity index (χ4v) is 2.91. The smallest absolute Gasteiger partial charge is 0.329 e. The number of carboxylic acid groups (broad SMARTS) is 1. The van der Waals surface area contributed by atoms with Crippen LogP contribution in [0.3, 0.4) is 0 Å². The van der Waals surface area contributed by atoms with Crippen molar-refractivity contribution in [1.29, 1.82) is 0 Å². The molecule has 1 saturated heterocycles. The first-order valence-corrected chi connectivity index (χ1v) is 8.25. The second-order valence-electron chi connectivity index (χ2n) is 5.65. The van der Waals surface area contributed by atoms with Gasteiger partial charge in [0.05, 0.1) is 10.0 Å². The van der Waals surface area contributed by atoms with Crippen LogP contribution in [0.25, 0.3) is 0 Å². The zero-order chi connectivity index (χ0) is 16.9. The SMILES string of the molecule is O=C(CCCc1ccc(Cl)c(Cl)c1)NC1(C(=O)O)CCOCC1. The lowest BCUT2D eigenvalue weighted by Gasteiger charge is -2.33. The molecule has 2 N–H and O–H groups in total. The van der Waals surface area contributed by atoms with Crippen LogP contribution in [0.4, 0.5) is 0 Å². The number of hydrogen-bond donors (Lipinski definition) is 2. The predicted octanol–water partition coefficient (Wildman–Crippen LogP) is 3.07. The van der Waals surface area contributed by atoms with Gasteiger partial charge in [0.1, 0.15) is 5.54 Å². The molecule has 0 unspecified atom stereocenters. The van der Waals surface area contributed by atoms with Gasteiger partial charge in [0.15, 0.2) is 0 Å². The molecule has 1 aliphatic heterocycles. The molecule has 0 aliphatic carbocycles. The number of hydrogen-bond acceptors (Lipinski definition) is 3. The third-order valence-electron chi connectivity index (χ3n) is 3.99. The van der Waals surface area contributed by atoms with Gasteiger partial charge >= 0.3 is 5.97 Å². The standard InChI is InChI=1S/C16H19Cl2NO4/c17-12-5-4-11(10-13(12)18)2-1-3-14(20)19-16(15(21)22)6-8-23-9-7-16/h4-5,10H,1-3,6-9H2,(H,19,20)(H,21,22). The molecule has 0 atom stereocenters. The van der Waals surface area contributed by atoms with Crippen molar-refractivity contribution in [3.63, 3.8) is 0 Å². The van der Waals surface area contributed by atoms with Crippen molar-refractivity contribution >= 4 is 35.1 Å². The molecular weight excluding hydrogens is 341 g/mol. The van der Waals surface area contributed by atoms with E-state index < -0.39 is 11.5 Å². The summed E-state index contributed by atoms with van der Waals surface area (Å²) in [5.41, 5.74) is -0.204. The summed E-state index contributed by atoms with van der Waals surface area (Å²) in [6.07, 6.45) is 2.13. The Morgan fingerprint density at radius 1 is 1.22 bits per heavy atom. The second-order valence-corrected chi connectivity index (χ2v) is 6.46. The van der Waals surface area contributed by atoms with E-state index in [4.69, 9.17) is 27.9 Å². The number of carbonyl (C=O) groups excluding carboxylic acids is 1. The van der Waals surface area contributed by atoms with Crippen LogP contribution < -0.4 is 5.32 Å². The zero-order valence-corrected chi connectivity index (χ0v) is 14.1. The normalized spacial score (nSPS) is 16.8. The number of carboxylic acids is 1. The molecule has 126 valence electrons. The van der Waals surface area contributed by atoms with Crippen molar-refractivity contribution in [3.8, 4) is 0 Å². The molecule has 1 aliphatic rings. The quantitative estimate of drug-likeness (QED) is 0.818. The summed E-state index contributed by atoms with van der Waals surface area (Å²) in [6.45, 7) is 0.686. The summed E-state index contributed by atoms with van der Waals surface area (Å²) < 4.78 is 5.18. The highest BCUT2D eigenvalue weighted by Crippen LogP contribution is 2.24. The van der Waals surface area contributed by atoms with Crippen LogP contribution in [0.1, 0.15) is 31.2 Å². The maximum atomic E-state index is 12.1. The van der Waals surface area contributed by atoms with Gasteiger partial charge in [-0.25, -0.2) is 4.79 Å². The first-order valence-electron chi connectivity index (χ1n) is 7.49. The summed E-state index contributed by atoms with van der Waals surface area (Å²) in [4.78, 5) is 23.5. The maximum Gasteiger partial charge on any atom is 0.329 e. The van der Waals surface area contributed by atoms with E-state index in [9.17, 15) is 14.7 Å². The Labute approximate surface area is 144 Å². The molecule has 23 heavy (non-hydrogen) atoms. The molecule has 1 aromatic carbocycles. The van der Waals surface area contributed by atoms with E-state index >= 15 is 0 Å². The minimum absolute atomic E-state index is 0.255. The number of benzene rings is 1. The van der Waals surface area contributed by atoms with Gasteiger partial charge < -0.3 is 15.2 Å². The van der Waals surface area contributed by atoms with Gasteiger partial charge in [0, 0.05) is 32.5 Å². The van der Waals surface area contributed by atoms with Crippen LogP contribution in [-0.2, 0) is 20.7 Å². The summed E-state index contributed by atoms with van der Waals surface area (Å²) in [6, 6.07) is 5.36. The Morgan fingerprint density at radius 3 is 2.52 bits per heavy atom. The van der Waals surface area contributed by atoms with E-state index in [1.165, 1.54) is 0 Å². The fraction of sp³-hybridized carbons (Fsp3) is 0.500. The molecular formula is C16H19Cl2NO4. The van der Waals surface area contributed by atoms with Crippen LogP contribution in [0.5, 0.6) is 0 Å². The van der Waals surface area contributed by atoms with Gasteiger partial charge in [0.25, 0.3) is 0 Å². The topological polar surface area (TPSA) is 75.6 Å². The van der Waals surface area contributed by atoms with Crippen molar-refractivity contribution in [1.82, 2.24) is 5.32 Å². The monoisotopic (exact) mass is 359 g/mol. The molecule has 0 radical (unpaired) electrons. The molecule has 0 saturated carbocycles. The van der Waals surface area contributed by atoms with E-state index in [1.807, 2.05) is 6.07 Å². The Morgan fingerprint density at radius 2 is 1.91 bits per heavy atom. The average Bonchev–Trinajstić information content (AvgIpc) is 2.51. The van der Waals surface area contributed by atoms with Crippen LogP contribution in [0.2, 0.25) is 10.0 Å². The summed E-state index contributed by atoms with van der Waals surface area (Å²) in [5, 5.41) is 13.1. The van der Waals surface area contributed by atoms with Crippen molar-refractivity contribution < 1.29 is 19.4 Å². The third kappa shape index (κ3) is 4.83. The zero-order valence-electron chi connectivity index (χ0n) is 12.6. The third-order valence-corrected chi connectivity index (χ3v) is 4.73. The van der Waals surface area contributed by atoms with Crippen molar-refractivity contribution in [3.05, 3.63) is 33.8 Å². The first kappa shape index (κ1) is 18.0. The number of aryl methyl sites for hydroxylation is 1. The molecule has 1 aromatic rings. The highest BCUT2D eigenvalue weighted by molar-refractivity contribution is 6.42. The van der Waals surface area contributed by atoms with Crippen LogP contribution in [-0.4, -0.2) is 35.7 Å². The van der Waals surface area contributed by atoms with Gasteiger partial charge in [-0.15, -0.1) is 0 Å². The Bertz CT molecular complexity index is 585. The van der Waals surface area contributed by atoms with E-state index in [0.717, 1.165) is 5.56 Å².